The Morgan fingerprint density at radius 2 is 2.47 bits per heavy atom. The molecule has 2 heterocycles. The molecule has 0 aromatic carbocycles. The van der Waals surface area contributed by atoms with Crippen molar-refractivity contribution in [1.29, 1.82) is 0 Å². The standard InChI is InChI=1S/C14H23N3OS/c1-4-16-14(18)12-9-15-6-7-17(12)11(3)13-10(2)5-8-19-13/h5,8,11-12,15H,4,6-7,9H2,1-3H3,(H,16,18). The summed E-state index contributed by atoms with van der Waals surface area (Å²) >= 11 is 1.78. The Hall–Kier alpha value is -0.910. The highest BCUT2D eigenvalue weighted by Crippen LogP contribution is 2.30. The summed E-state index contributed by atoms with van der Waals surface area (Å²) in [5.41, 5.74) is 1.32. The van der Waals surface area contributed by atoms with E-state index in [1.165, 1.54) is 10.4 Å². The number of rotatable bonds is 4. The first-order valence-corrected chi connectivity index (χ1v) is 7.81. The van der Waals surface area contributed by atoms with Gasteiger partial charge in [-0.1, -0.05) is 0 Å². The first-order valence-electron chi connectivity index (χ1n) is 6.93. The van der Waals surface area contributed by atoms with Crippen molar-refractivity contribution in [1.82, 2.24) is 15.5 Å². The zero-order valence-electron chi connectivity index (χ0n) is 11.9. The summed E-state index contributed by atoms with van der Waals surface area (Å²) in [6.07, 6.45) is 0. The quantitative estimate of drug-likeness (QED) is 0.879. The van der Waals surface area contributed by atoms with Gasteiger partial charge in [0.25, 0.3) is 0 Å². The van der Waals surface area contributed by atoms with Gasteiger partial charge in [0.2, 0.25) is 5.91 Å². The van der Waals surface area contributed by atoms with Crippen molar-refractivity contribution >= 4 is 17.2 Å². The molecule has 0 radical (unpaired) electrons. The van der Waals surface area contributed by atoms with Gasteiger partial charge in [-0.25, -0.2) is 0 Å². The number of aryl methyl sites for hydroxylation is 1. The van der Waals surface area contributed by atoms with E-state index >= 15 is 0 Å². The summed E-state index contributed by atoms with van der Waals surface area (Å²) in [5, 5.41) is 8.39. The van der Waals surface area contributed by atoms with Crippen LogP contribution in [0.5, 0.6) is 0 Å². The fourth-order valence-electron chi connectivity index (χ4n) is 2.68. The second-order valence-corrected chi connectivity index (χ2v) is 5.94. The van der Waals surface area contributed by atoms with E-state index in [9.17, 15) is 4.79 Å². The molecule has 1 fully saturated rings. The third kappa shape index (κ3) is 3.16. The van der Waals surface area contributed by atoms with E-state index in [-0.39, 0.29) is 11.9 Å². The highest BCUT2D eigenvalue weighted by Gasteiger charge is 2.32. The van der Waals surface area contributed by atoms with Crippen LogP contribution in [-0.4, -0.2) is 43.0 Å². The molecule has 0 spiro atoms. The number of carbonyl (C=O) groups is 1. The number of amides is 1. The number of likely N-dealkylation sites (N-methyl/N-ethyl adjacent to an activating group) is 1. The third-order valence-electron chi connectivity index (χ3n) is 3.72. The van der Waals surface area contributed by atoms with Crippen LogP contribution in [0.15, 0.2) is 11.4 Å². The molecule has 2 atom stereocenters. The summed E-state index contributed by atoms with van der Waals surface area (Å²) in [6.45, 7) is 9.61. The molecule has 106 valence electrons. The molecule has 1 amide bonds. The van der Waals surface area contributed by atoms with Gasteiger partial charge >= 0.3 is 0 Å². The minimum atomic E-state index is -0.0646. The summed E-state index contributed by atoms with van der Waals surface area (Å²) < 4.78 is 0. The van der Waals surface area contributed by atoms with Gasteiger partial charge in [0.1, 0.15) is 6.04 Å². The number of carbonyl (C=O) groups excluding carboxylic acids is 1. The molecule has 1 aromatic rings. The molecule has 1 aliphatic rings. The first-order chi connectivity index (χ1) is 9.15. The van der Waals surface area contributed by atoms with Gasteiger partial charge in [0.05, 0.1) is 0 Å². The van der Waals surface area contributed by atoms with E-state index in [1.54, 1.807) is 11.3 Å². The largest absolute Gasteiger partial charge is 0.355 e. The van der Waals surface area contributed by atoms with Crippen LogP contribution in [-0.2, 0) is 4.79 Å². The zero-order valence-corrected chi connectivity index (χ0v) is 12.7. The molecule has 19 heavy (non-hydrogen) atoms. The van der Waals surface area contributed by atoms with Gasteiger partial charge in [-0.15, -0.1) is 11.3 Å². The summed E-state index contributed by atoms with van der Waals surface area (Å²) in [6, 6.07) is 2.39. The van der Waals surface area contributed by atoms with Crippen LogP contribution in [0.2, 0.25) is 0 Å². The number of nitrogens with one attached hydrogen (secondary N) is 2. The average molecular weight is 281 g/mol. The molecule has 2 rings (SSSR count). The molecule has 0 saturated carbocycles. The van der Waals surface area contributed by atoms with E-state index in [0.717, 1.165) is 19.6 Å². The third-order valence-corrected chi connectivity index (χ3v) is 4.91. The van der Waals surface area contributed by atoms with Crippen LogP contribution in [0.1, 0.15) is 30.3 Å². The van der Waals surface area contributed by atoms with Crippen LogP contribution >= 0.6 is 11.3 Å². The van der Waals surface area contributed by atoms with Gasteiger partial charge < -0.3 is 10.6 Å². The van der Waals surface area contributed by atoms with E-state index < -0.39 is 0 Å². The summed E-state index contributed by atoms with van der Waals surface area (Å²) in [4.78, 5) is 15.9. The molecule has 4 nitrogen and oxygen atoms in total. The predicted molar refractivity (Wildman–Crippen MR) is 79.5 cm³/mol. The Morgan fingerprint density at radius 3 is 3.11 bits per heavy atom. The molecular formula is C14H23N3OS. The van der Waals surface area contributed by atoms with Crippen LogP contribution in [0, 0.1) is 6.92 Å². The maximum atomic E-state index is 12.2. The lowest BCUT2D eigenvalue weighted by Crippen LogP contribution is -2.58. The number of nitrogens with zero attached hydrogens (tertiary/aromatic N) is 1. The van der Waals surface area contributed by atoms with Gasteiger partial charge in [0.15, 0.2) is 0 Å². The van der Waals surface area contributed by atoms with Crippen molar-refractivity contribution in [2.45, 2.75) is 32.9 Å². The summed E-state index contributed by atoms with van der Waals surface area (Å²) in [5.74, 6) is 0.135. The van der Waals surface area contributed by atoms with Gasteiger partial charge in [-0.05, 0) is 37.8 Å². The fraction of sp³-hybridized carbons (Fsp3) is 0.643. The number of thiophene rings is 1. The van der Waals surface area contributed by atoms with Crippen molar-refractivity contribution in [3.05, 3.63) is 21.9 Å². The Morgan fingerprint density at radius 1 is 1.68 bits per heavy atom. The zero-order chi connectivity index (χ0) is 13.8. The highest BCUT2D eigenvalue weighted by atomic mass is 32.1. The molecule has 2 N–H and O–H groups in total. The molecule has 1 aliphatic heterocycles. The minimum absolute atomic E-state index is 0.0646. The van der Waals surface area contributed by atoms with Crippen molar-refractivity contribution in [3.8, 4) is 0 Å². The Balaban J connectivity index is 2.15. The van der Waals surface area contributed by atoms with E-state index in [2.05, 4.69) is 40.8 Å². The van der Waals surface area contributed by atoms with Crippen LogP contribution < -0.4 is 10.6 Å². The van der Waals surface area contributed by atoms with E-state index in [1.807, 2.05) is 6.92 Å². The number of hydrogen-bond donors (Lipinski definition) is 2. The van der Waals surface area contributed by atoms with Crippen LogP contribution in [0.4, 0.5) is 0 Å². The lowest BCUT2D eigenvalue weighted by molar-refractivity contribution is -0.127. The second-order valence-electron chi connectivity index (χ2n) is 5.00. The van der Waals surface area contributed by atoms with Crippen LogP contribution in [0.25, 0.3) is 0 Å². The van der Waals surface area contributed by atoms with Crippen molar-refractivity contribution < 1.29 is 4.79 Å². The molecule has 1 saturated heterocycles. The normalized spacial score (nSPS) is 22.2. The lowest BCUT2D eigenvalue weighted by atomic mass is 10.1. The smallest absolute Gasteiger partial charge is 0.238 e. The fourth-order valence-corrected chi connectivity index (χ4v) is 3.69. The van der Waals surface area contributed by atoms with E-state index in [4.69, 9.17) is 0 Å². The predicted octanol–water partition coefficient (Wildman–Crippen LogP) is 1.53. The maximum Gasteiger partial charge on any atom is 0.238 e. The SMILES string of the molecule is CCNC(=O)C1CNCCN1C(C)c1sccc1C. The van der Waals surface area contributed by atoms with Crippen molar-refractivity contribution in [2.75, 3.05) is 26.2 Å². The molecule has 2 unspecified atom stereocenters. The molecule has 0 bridgehead atoms. The minimum Gasteiger partial charge on any atom is -0.355 e. The second kappa shape index (κ2) is 6.50. The van der Waals surface area contributed by atoms with Crippen molar-refractivity contribution in [2.24, 2.45) is 0 Å². The monoisotopic (exact) mass is 281 g/mol. The topological polar surface area (TPSA) is 44.4 Å². The van der Waals surface area contributed by atoms with Gasteiger partial charge in [0, 0.05) is 37.1 Å². The Kier molecular flexibility index (Phi) is 4.96. The molecular weight excluding hydrogens is 258 g/mol. The van der Waals surface area contributed by atoms with Gasteiger partial charge in [-0.2, -0.15) is 0 Å². The Bertz CT molecular complexity index is 432. The number of piperazine rings is 1. The number of hydrogen-bond acceptors (Lipinski definition) is 4. The Labute approximate surface area is 119 Å². The van der Waals surface area contributed by atoms with E-state index in [0.29, 0.717) is 12.6 Å². The highest BCUT2D eigenvalue weighted by molar-refractivity contribution is 7.10. The molecule has 1 aromatic heterocycles. The molecule has 5 heteroatoms. The average Bonchev–Trinajstić information content (AvgIpc) is 2.84. The first kappa shape index (κ1) is 14.5. The van der Waals surface area contributed by atoms with Gasteiger partial charge in [-0.3, -0.25) is 9.69 Å². The van der Waals surface area contributed by atoms with Crippen LogP contribution in [0.3, 0.4) is 0 Å². The lowest BCUT2D eigenvalue weighted by Gasteiger charge is -2.39. The van der Waals surface area contributed by atoms with Crippen molar-refractivity contribution in [3.63, 3.8) is 0 Å². The summed E-state index contributed by atoms with van der Waals surface area (Å²) in [7, 11) is 0. The molecule has 0 aliphatic carbocycles. The maximum absolute atomic E-state index is 12.2.